The molecule has 0 heterocycles. The highest BCUT2D eigenvalue weighted by Gasteiger charge is 2.02. The first kappa shape index (κ1) is 14.9. The van der Waals surface area contributed by atoms with Crippen LogP contribution in [0.25, 0.3) is 0 Å². The Balaban J connectivity index is 1.94. The smallest absolute Gasteiger partial charge is 0.139 e. The number of nitrogens with one attached hydrogen (secondary N) is 1. The highest BCUT2D eigenvalue weighted by molar-refractivity contribution is 5.79. The van der Waals surface area contributed by atoms with Crippen LogP contribution in [-0.4, -0.2) is 17.6 Å². The fourth-order valence-electron chi connectivity index (χ4n) is 2.21. The lowest BCUT2D eigenvalue weighted by Gasteiger charge is -2.12. The van der Waals surface area contributed by atoms with Crippen LogP contribution in [-0.2, 0) is 6.42 Å². The summed E-state index contributed by atoms with van der Waals surface area (Å²) < 4.78 is 0. The van der Waals surface area contributed by atoms with E-state index in [1.54, 1.807) is 0 Å². The summed E-state index contributed by atoms with van der Waals surface area (Å²) in [5, 5.41) is 14.9. The van der Waals surface area contributed by atoms with Gasteiger partial charge in [-0.25, -0.2) is 0 Å². The minimum Gasteiger partial charge on any atom is -0.409 e. The van der Waals surface area contributed by atoms with Crippen LogP contribution in [0.15, 0.2) is 59.8 Å². The highest BCUT2D eigenvalue weighted by atomic mass is 16.4. The fourth-order valence-corrected chi connectivity index (χ4v) is 2.21. The average Bonchev–Trinajstić information content (AvgIpc) is 2.53. The monoisotopic (exact) mass is 283 g/mol. The predicted octanol–water partition coefficient (Wildman–Crippen LogP) is 3.22. The van der Waals surface area contributed by atoms with Crippen LogP contribution in [0.1, 0.15) is 24.0 Å². The van der Waals surface area contributed by atoms with E-state index in [1.807, 2.05) is 12.1 Å². The molecular formula is C17H21N3O. The second-order valence-electron chi connectivity index (χ2n) is 4.94. The Morgan fingerprint density at radius 1 is 1.05 bits per heavy atom. The lowest BCUT2D eigenvalue weighted by atomic mass is 10.0. The van der Waals surface area contributed by atoms with Crippen LogP contribution in [0, 0.1) is 0 Å². The molecule has 21 heavy (non-hydrogen) atoms. The van der Waals surface area contributed by atoms with Crippen molar-refractivity contribution in [3.05, 3.63) is 65.7 Å². The zero-order valence-electron chi connectivity index (χ0n) is 12.0. The van der Waals surface area contributed by atoms with E-state index in [0.717, 1.165) is 25.1 Å². The SMILES string of the molecule is NC(CCCNc1ccccc1Cc1ccccc1)=NO. The molecule has 0 spiro atoms. The quantitative estimate of drug-likeness (QED) is 0.240. The number of hydrogen-bond acceptors (Lipinski definition) is 3. The van der Waals surface area contributed by atoms with Gasteiger partial charge in [0.15, 0.2) is 0 Å². The highest BCUT2D eigenvalue weighted by Crippen LogP contribution is 2.19. The van der Waals surface area contributed by atoms with Gasteiger partial charge >= 0.3 is 0 Å². The molecule has 0 unspecified atom stereocenters. The van der Waals surface area contributed by atoms with Crippen LogP contribution in [0.3, 0.4) is 0 Å². The molecule has 0 bridgehead atoms. The summed E-state index contributed by atoms with van der Waals surface area (Å²) in [5.74, 6) is 0.273. The van der Waals surface area contributed by atoms with Crippen molar-refractivity contribution >= 4 is 11.5 Å². The lowest BCUT2D eigenvalue weighted by molar-refractivity contribution is 0.316. The van der Waals surface area contributed by atoms with Gasteiger partial charge in [0.2, 0.25) is 0 Å². The number of oxime groups is 1. The van der Waals surface area contributed by atoms with Gasteiger partial charge in [-0.05, 0) is 30.0 Å². The molecule has 2 rings (SSSR count). The summed E-state index contributed by atoms with van der Waals surface area (Å²) in [7, 11) is 0. The molecule has 0 saturated carbocycles. The third-order valence-corrected chi connectivity index (χ3v) is 3.31. The summed E-state index contributed by atoms with van der Waals surface area (Å²) >= 11 is 0. The van der Waals surface area contributed by atoms with Crippen molar-refractivity contribution in [3.63, 3.8) is 0 Å². The van der Waals surface area contributed by atoms with Gasteiger partial charge in [0.05, 0.1) is 0 Å². The number of amidine groups is 1. The number of nitrogens with two attached hydrogens (primary N) is 1. The summed E-state index contributed by atoms with van der Waals surface area (Å²) in [6.45, 7) is 0.794. The second kappa shape index (κ2) is 7.94. The molecule has 0 amide bonds. The molecule has 0 aliphatic heterocycles. The Morgan fingerprint density at radius 2 is 1.76 bits per heavy atom. The zero-order chi connectivity index (χ0) is 14.9. The van der Waals surface area contributed by atoms with Gasteiger partial charge in [-0.2, -0.15) is 0 Å². The van der Waals surface area contributed by atoms with E-state index in [-0.39, 0.29) is 5.84 Å². The molecule has 2 aromatic rings. The van der Waals surface area contributed by atoms with Crippen molar-refractivity contribution in [2.75, 3.05) is 11.9 Å². The summed E-state index contributed by atoms with van der Waals surface area (Å²) in [6, 6.07) is 18.7. The maximum absolute atomic E-state index is 8.50. The molecule has 0 atom stereocenters. The molecule has 4 heteroatoms. The molecular weight excluding hydrogens is 262 g/mol. The fraction of sp³-hybridized carbons (Fsp3) is 0.235. The minimum absolute atomic E-state index is 0.273. The topological polar surface area (TPSA) is 70.6 Å². The molecule has 0 aliphatic carbocycles. The molecule has 4 nitrogen and oxygen atoms in total. The van der Waals surface area contributed by atoms with Gasteiger partial charge in [0, 0.05) is 18.7 Å². The molecule has 2 aromatic carbocycles. The normalized spacial score (nSPS) is 11.3. The Labute approximate surface area is 125 Å². The predicted molar refractivity (Wildman–Crippen MR) is 86.8 cm³/mol. The van der Waals surface area contributed by atoms with Crippen molar-refractivity contribution in [1.29, 1.82) is 0 Å². The van der Waals surface area contributed by atoms with Crippen molar-refractivity contribution in [2.24, 2.45) is 10.9 Å². The van der Waals surface area contributed by atoms with Crippen LogP contribution in [0.5, 0.6) is 0 Å². The second-order valence-corrected chi connectivity index (χ2v) is 4.94. The Kier molecular flexibility index (Phi) is 5.64. The number of benzene rings is 2. The van der Waals surface area contributed by atoms with E-state index in [4.69, 9.17) is 10.9 Å². The molecule has 0 aliphatic rings. The van der Waals surface area contributed by atoms with E-state index >= 15 is 0 Å². The summed E-state index contributed by atoms with van der Waals surface area (Å²) in [4.78, 5) is 0. The van der Waals surface area contributed by atoms with Gasteiger partial charge in [0.25, 0.3) is 0 Å². The molecule has 0 aromatic heterocycles. The minimum atomic E-state index is 0.273. The molecule has 110 valence electrons. The zero-order valence-corrected chi connectivity index (χ0v) is 12.0. The first-order chi connectivity index (χ1) is 10.3. The van der Waals surface area contributed by atoms with E-state index in [0.29, 0.717) is 6.42 Å². The van der Waals surface area contributed by atoms with Crippen molar-refractivity contribution < 1.29 is 5.21 Å². The molecule has 0 radical (unpaired) electrons. The Bertz CT molecular complexity index is 582. The third-order valence-electron chi connectivity index (χ3n) is 3.31. The van der Waals surface area contributed by atoms with Crippen LogP contribution >= 0.6 is 0 Å². The van der Waals surface area contributed by atoms with Gasteiger partial charge in [-0.15, -0.1) is 0 Å². The van der Waals surface area contributed by atoms with Gasteiger partial charge in [0.1, 0.15) is 5.84 Å². The largest absolute Gasteiger partial charge is 0.409 e. The van der Waals surface area contributed by atoms with E-state index < -0.39 is 0 Å². The molecule has 0 fully saturated rings. The van der Waals surface area contributed by atoms with E-state index in [9.17, 15) is 0 Å². The number of para-hydroxylation sites is 1. The van der Waals surface area contributed by atoms with Gasteiger partial charge in [-0.3, -0.25) is 0 Å². The third kappa shape index (κ3) is 4.84. The number of anilines is 1. The van der Waals surface area contributed by atoms with Crippen LogP contribution in [0.4, 0.5) is 5.69 Å². The number of rotatable bonds is 7. The standard InChI is InChI=1S/C17H21N3O/c18-17(20-21)11-6-12-19-16-10-5-4-9-15(16)13-14-7-2-1-3-8-14/h1-5,7-10,19,21H,6,11-13H2,(H2,18,20). The van der Waals surface area contributed by atoms with Crippen molar-refractivity contribution in [1.82, 2.24) is 0 Å². The maximum Gasteiger partial charge on any atom is 0.139 e. The first-order valence-corrected chi connectivity index (χ1v) is 7.11. The molecule has 0 saturated heterocycles. The van der Waals surface area contributed by atoms with Crippen LogP contribution < -0.4 is 11.1 Å². The summed E-state index contributed by atoms with van der Waals surface area (Å²) in [6.07, 6.45) is 2.32. The average molecular weight is 283 g/mol. The van der Waals surface area contributed by atoms with Crippen LogP contribution in [0.2, 0.25) is 0 Å². The molecule has 4 N–H and O–H groups in total. The first-order valence-electron chi connectivity index (χ1n) is 7.11. The van der Waals surface area contributed by atoms with Gasteiger partial charge < -0.3 is 16.3 Å². The van der Waals surface area contributed by atoms with Gasteiger partial charge in [-0.1, -0.05) is 53.7 Å². The lowest BCUT2D eigenvalue weighted by Crippen LogP contribution is -2.13. The maximum atomic E-state index is 8.50. The number of nitrogens with zero attached hydrogens (tertiary/aromatic N) is 1. The summed E-state index contributed by atoms with van der Waals surface area (Å²) in [5.41, 5.74) is 9.16. The van der Waals surface area contributed by atoms with E-state index in [2.05, 4.69) is 52.9 Å². The van der Waals surface area contributed by atoms with E-state index in [1.165, 1.54) is 11.1 Å². The number of hydrogen-bond donors (Lipinski definition) is 3. The van der Waals surface area contributed by atoms with Crippen molar-refractivity contribution in [3.8, 4) is 0 Å². The Morgan fingerprint density at radius 3 is 2.52 bits per heavy atom. The van der Waals surface area contributed by atoms with Crippen molar-refractivity contribution in [2.45, 2.75) is 19.3 Å². The Hall–Kier alpha value is -2.49.